The zero-order valence-electron chi connectivity index (χ0n) is 14.0. The molecule has 0 saturated carbocycles. The molecule has 1 heterocycles. The largest absolute Gasteiger partial charge is 0.452 e. The molecule has 0 aliphatic carbocycles. The van der Waals surface area contributed by atoms with Gasteiger partial charge in [-0.25, -0.2) is 0 Å². The Labute approximate surface area is 162 Å². The highest BCUT2D eigenvalue weighted by atomic mass is 35.5. The monoisotopic (exact) mass is 400 g/mol. The Morgan fingerprint density at radius 2 is 2.04 bits per heavy atom. The molecule has 1 aliphatic rings. The summed E-state index contributed by atoms with van der Waals surface area (Å²) in [6, 6.07) is 7.25. The molecular weight excluding hydrogens is 380 g/mol. The van der Waals surface area contributed by atoms with Crippen molar-refractivity contribution in [3.05, 3.63) is 34.9 Å². The Morgan fingerprint density at radius 3 is 2.72 bits per heavy atom. The quantitative estimate of drug-likeness (QED) is 0.585. The van der Waals surface area contributed by atoms with E-state index in [4.69, 9.17) is 28.6 Å². The zero-order chi connectivity index (χ0) is 18.2. The number of amides is 1. The van der Waals surface area contributed by atoms with Crippen molar-refractivity contribution < 1.29 is 14.3 Å². The van der Waals surface area contributed by atoms with Crippen LogP contribution in [0, 0.1) is 0 Å². The number of likely N-dealkylation sites (tertiary alicyclic amines) is 1. The normalized spacial score (nSPS) is 14.9. The van der Waals surface area contributed by atoms with Gasteiger partial charge in [-0.3, -0.25) is 9.59 Å². The number of ether oxygens (including phenoxy) is 1. The minimum Gasteiger partial charge on any atom is -0.452 e. The van der Waals surface area contributed by atoms with Crippen LogP contribution in [0.3, 0.4) is 0 Å². The number of esters is 1. The van der Waals surface area contributed by atoms with Gasteiger partial charge in [0, 0.05) is 24.7 Å². The van der Waals surface area contributed by atoms with Gasteiger partial charge in [-0.1, -0.05) is 53.8 Å². The highest BCUT2D eigenvalue weighted by molar-refractivity contribution is 8.23. The fraction of sp³-hybridized carbons (Fsp3) is 0.471. The number of carbonyl (C=O) groups is 2. The van der Waals surface area contributed by atoms with Crippen LogP contribution in [-0.4, -0.2) is 46.0 Å². The zero-order valence-corrected chi connectivity index (χ0v) is 16.4. The predicted octanol–water partition coefficient (Wildman–Crippen LogP) is 3.00. The number of thioether (sulfide) groups is 1. The van der Waals surface area contributed by atoms with Crippen LogP contribution in [0.25, 0.3) is 0 Å². The Kier molecular flexibility index (Phi) is 7.99. The van der Waals surface area contributed by atoms with Crippen molar-refractivity contribution in [2.24, 2.45) is 0 Å². The van der Waals surface area contributed by atoms with Crippen LogP contribution in [-0.2, 0) is 20.9 Å². The first-order valence-electron chi connectivity index (χ1n) is 8.09. The van der Waals surface area contributed by atoms with Gasteiger partial charge < -0.3 is 15.0 Å². The molecule has 1 aromatic rings. The Morgan fingerprint density at radius 1 is 1.36 bits per heavy atom. The maximum Gasteiger partial charge on any atom is 0.317 e. The number of hydrogen-bond donors (Lipinski definition) is 1. The van der Waals surface area contributed by atoms with E-state index in [0.29, 0.717) is 9.34 Å². The standard InChI is InChI=1S/C17H21ClN2O3S2/c1-12(16(22)19-10-13-6-2-3-7-14(13)18)23-15(21)11-25-17(24)20-8-4-5-9-20/h2-3,6-7,12H,4-5,8-11H2,1H3,(H,19,22)/t12-/m0/s1. The van der Waals surface area contributed by atoms with Gasteiger partial charge in [0.05, 0.1) is 5.75 Å². The molecule has 0 bridgehead atoms. The Hall–Kier alpha value is -1.31. The lowest BCUT2D eigenvalue weighted by Crippen LogP contribution is -2.36. The van der Waals surface area contributed by atoms with Crippen molar-refractivity contribution in [1.29, 1.82) is 0 Å². The van der Waals surface area contributed by atoms with Crippen LogP contribution in [0.4, 0.5) is 0 Å². The topological polar surface area (TPSA) is 58.6 Å². The third-order valence-electron chi connectivity index (χ3n) is 3.77. The van der Waals surface area contributed by atoms with Gasteiger partial charge in [0.25, 0.3) is 5.91 Å². The Balaban J connectivity index is 1.69. The molecule has 5 nitrogen and oxygen atoms in total. The maximum absolute atomic E-state index is 12.0. The smallest absolute Gasteiger partial charge is 0.317 e. The van der Waals surface area contributed by atoms with Gasteiger partial charge in [-0.15, -0.1) is 0 Å². The molecule has 1 amide bonds. The third kappa shape index (κ3) is 6.49. The molecule has 1 atom stereocenters. The highest BCUT2D eigenvalue weighted by Gasteiger charge is 2.20. The molecule has 1 saturated heterocycles. The highest BCUT2D eigenvalue weighted by Crippen LogP contribution is 2.17. The fourth-order valence-electron chi connectivity index (χ4n) is 2.36. The van der Waals surface area contributed by atoms with E-state index in [-0.39, 0.29) is 18.2 Å². The predicted molar refractivity (Wildman–Crippen MR) is 105 cm³/mol. The first-order valence-corrected chi connectivity index (χ1v) is 9.87. The van der Waals surface area contributed by atoms with Crippen molar-refractivity contribution in [1.82, 2.24) is 10.2 Å². The number of halogens is 1. The molecule has 0 unspecified atom stereocenters. The van der Waals surface area contributed by atoms with E-state index in [1.807, 2.05) is 18.2 Å². The lowest BCUT2D eigenvalue weighted by Gasteiger charge is -2.18. The van der Waals surface area contributed by atoms with Crippen LogP contribution in [0.15, 0.2) is 24.3 Å². The summed E-state index contributed by atoms with van der Waals surface area (Å²) in [4.78, 5) is 26.0. The summed E-state index contributed by atoms with van der Waals surface area (Å²) in [5.41, 5.74) is 0.808. The molecule has 8 heteroatoms. The first kappa shape index (κ1) is 20.0. The van der Waals surface area contributed by atoms with Crippen molar-refractivity contribution in [2.45, 2.75) is 32.4 Å². The number of nitrogens with one attached hydrogen (secondary N) is 1. The fourth-order valence-corrected chi connectivity index (χ4v) is 3.60. The van der Waals surface area contributed by atoms with E-state index in [9.17, 15) is 9.59 Å². The van der Waals surface area contributed by atoms with Crippen molar-refractivity contribution in [3.8, 4) is 0 Å². The molecule has 136 valence electrons. The second kappa shape index (κ2) is 9.99. The van der Waals surface area contributed by atoms with Crippen molar-refractivity contribution in [3.63, 3.8) is 0 Å². The first-order chi connectivity index (χ1) is 12.0. The van der Waals surface area contributed by atoms with Crippen LogP contribution in [0.1, 0.15) is 25.3 Å². The molecule has 1 N–H and O–H groups in total. The van der Waals surface area contributed by atoms with Crippen LogP contribution < -0.4 is 5.32 Å². The number of hydrogen-bond acceptors (Lipinski definition) is 5. The number of benzene rings is 1. The van der Waals surface area contributed by atoms with E-state index in [1.165, 1.54) is 11.8 Å². The molecule has 1 aliphatic heterocycles. The molecular formula is C17H21ClN2O3S2. The summed E-state index contributed by atoms with van der Waals surface area (Å²) >= 11 is 12.6. The summed E-state index contributed by atoms with van der Waals surface area (Å²) in [5.74, 6) is -0.704. The average Bonchev–Trinajstić information content (AvgIpc) is 3.13. The van der Waals surface area contributed by atoms with Crippen LogP contribution in [0.5, 0.6) is 0 Å². The van der Waals surface area contributed by atoms with Gasteiger partial charge in [0.2, 0.25) is 0 Å². The summed E-state index contributed by atoms with van der Waals surface area (Å²) < 4.78 is 5.87. The number of carbonyl (C=O) groups excluding carboxylic acids is 2. The number of rotatable bonds is 6. The van der Waals surface area contributed by atoms with Crippen LogP contribution in [0.2, 0.25) is 5.02 Å². The van der Waals surface area contributed by atoms with Gasteiger partial charge in [-0.2, -0.15) is 0 Å². The average molecular weight is 401 g/mol. The summed E-state index contributed by atoms with van der Waals surface area (Å²) in [6.07, 6.45) is 1.40. The minimum absolute atomic E-state index is 0.109. The van der Waals surface area contributed by atoms with E-state index in [2.05, 4.69) is 10.2 Å². The number of nitrogens with zero attached hydrogens (tertiary/aromatic N) is 1. The van der Waals surface area contributed by atoms with Gasteiger partial charge in [0.15, 0.2) is 6.10 Å². The molecule has 2 rings (SSSR count). The minimum atomic E-state index is -0.865. The summed E-state index contributed by atoms with van der Waals surface area (Å²) in [6.45, 7) is 3.72. The summed E-state index contributed by atoms with van der Waals surface area (Å²) in [5, 5.41) is 3.30. The lowest BCUT2D eigenvalue weighted by atomic mass is 10.2. The van der Waals surface area contributed by atoms with E-state index < -0.39 is 12.1 Å². The van der Waals surface area contributed by atoms with Gasteiger partial charge in [0.1, 0.15) is 4.32 Å². The van der Waals surface area contributed by atoms with E-state index >= 15 is 0 Å². The Bertz CT molecular complexity index is 636. The molecule has 1 fully saturated rings. The summed E-state index contributed by atoms with van der Waals surface area (Å²) in [7, 11) is 0. The van der Waals surface area contributed by atoms with Gasteiger partial charge >= 0.3 is 5.97 Å². The molecule has 0 radical (unpaired) electrons. The molecule has 25 heavy (non-hydrogen) atoms. The maximum atomic E-state index is 12.0. The number of thiocarbonyl (C=S) groups is 1. The second-order valence-electron chi connectivity index (χ2n) is 5.69. The third-order valence-corrected chi connectivity index (χ3v) is 5.63. The second-order valence-corrected chi connectivity index (χ2v) is 7.71. The van der Waals surface area contributed by atoms with Gasteiger partial charge in [-0.05, 0) is 31.4 Å². The van der Waals surface area contributed by atoms with Crippen molar-refractivity contribution in [2.75, 3.05) is 18.8 Å². The molecule has 0 spiro atoms. The SMILES string of the molecule is C[C@H](OC(=O)CSC(=S)N1CCCC1)C(=O)NCc1ccccc1Cl. The van der Waals surface area contributed by atoms with E-state index in [1.54, 1.807) is 13.0 Å². The lowest BCUT2D eigenvalue weighted by molar-refractivity contribution is -0.152. The van der Waals surface area contributed by atoms with Crippen molar-refractivity contribution >= 4 is 51.8 Å². The van der Waals surface area contributed by atoms with Crippen LogP contribution >= 0.6 is 35.6 Å². The molecule has 1 aromatic carbocycles. The van der Waals surface area contributed by atoms with E-state index in [0.717, 1.165) is 31.5 Å². The molecule has 0 aromatic heterocycles.